The number of hydrogen-bond acceptors (Lipinski definition) is 9. The van der Waals surface area contributed by atoms with E-state index >= 15 is 0 Å². The van der Waals surface area contributed by atoms with Crippen LogP contribution in [-0.2, 0) is 27.3 Å². The molecule has 0 heterocycles. The van der Waals surface area contributed by atoms with Crippen molar-refractivity contribution in [1.82, 2.24) is 0 Å². The second kappa shape index (κ2) is 14.4. The van der Waals surface area contributed by atoms with Gasteiger partial charge in [0.25, 0.3) is 0 Å². The number of halogens is 12. The van der Waals surface area contributed by atoms with Crippen LogP contribution in [0.3, 0.4) is 0 Å². The predicted molar refractivity (Wildman–Crippen MR) is 67.9 cm³/mol. The van der Waals surface area contributed by atoms with E-state index in [4.69, 9.17) is 0 Å². The van der Waals surface area contributed by atoms with Crippen LogP contribution in [0.25, 0.3) is 0 Å². The largest absolute Gasteiger partial charge is 3.00 e. The van der Waals surface area contributed by atoms with Crippen molar-refractivity contribution in [2.45, 2.75) is 18.5 Å². The first-order chi connectivity index (χ1) is 12.6. The van der Waals surface area contributed by atoms with Crippen LogP contribution in [0.15, 0.2) is 0 Å². The quantitative estimate of drug-likeness (QED) is 0.267. The Labute approximate surface area is 174 Å². The summed E-state index contributed by atoms with van der Waals surface area (Å²) in [6, 6.07) is 0. The minimum Gasteiger partial charge on any atom is -0.753 e. The standard InChI is InChI=1S/3C2H3F4O3P.Al/c3*3-2(4,5)1-9-10(6,7)8;/h3*1H2,(H,7,8);/q;;;+3/p-3. The molecule has 0 aliphatic carbocycles. The monoisotopic (exact) mass is 570 g/mol. The van der Waals surface area contributed by atoms with Crippen molar-refractivity contribution in [2.24, 2.45) is 0 Å². The van der Waals surface area contributed by atoms with Crippen molar-refractivity contribution in [3.63, 3.8) is 0 Å². The van der Waals surface area contributed by atoms with Gasteiger partial charge < -0.3 is 28.3 Å². The van der Waals surface area contributed by atoms with E-state index < -0.39 is 62.1 Å². The molecule has 3 atom stereocenters. The van der Waals surface area contributed by atoms with Crippen LogP contribution in [0, 0.1) is 0 Å². The van der Waals surface area contributed by atoms with Crippen LogP contribution >= 0.6 is 23.7 Å². The zero-order chi connectivity index (χ0) is 25.2. The van der Waals surface area contributed by atoms with E-state index in [1.807, 2.05) is 0 Å². The van der Waals surface area contributed by atoms with Crippen LogP contribution in [0.4, 0.5) is 52.1 Å². The Balaban J connectivity index is -0.000000174. The maximum Gasteiger partial charge on any atom is 3.00 e. The van der Waals surface area contributed by atoms with Gasteiger partial charge in [-0.25, -0.2) is 0 Å². The van der Waals surface area contributed by atoms with Crippen LogP contribution in [0.2, 0.25) is 0 Å². The van der Waals surface area contributed by atoms with E-state index in [0.29, 0.717) is 0 Å². The van der Waals surface area contributed by atoms with Crippen LogP contribution in [-0.4, -0.2) is 55.7 Å². The molecule has 0 bridgehead atoms. The molecule has 0 amide bonds. The fraction of sp³-hybridized carbons (Fsp3) is 1.00. The molecule has 25 heteroatoms. The zero-order valence-corrected chi connectivity index (χ0v) is 17.6. The molecule has 0 aromatic rings. The van der Waals surface area contributed by atoms with Gasteiger partial charge in [-0.1, -0.05) is 0 Å². The second-order valence-electron chi connectivity index (χ2n) is 3.96. The first kappa shape index (κ1) is 38.4. The molecule has 186 valence electrons. The molecule has 0 saturated carbocycles. The Bertz CT molecular complexity index is 533. The van der Waals surface area contributed by atoms with Crippen molar-refractivity contribution in [2.75, 3.05) is 19.8 Å². The summed E-state index contributed by atoms with van der Waals surface area (Å²) in [5.41, 5.74) is 0. The van der Waals surface area contributed by atoms with E-state index in [-0.39, 0.29) is 17.4 Å². The zero-order valence-electron chi connectivity index (χ0n) is 13.8. The summed E-state index contributed by atoms with van der Waals surface area (Å²) in [6.07, 6.45) is -14.5. The van der Waals surface area contributed by atoms with Gasteiger partial charge in [-0.2, -0.15) is 52.1 Å². The third-order valence-electron chi connectivity index (χ3n) is 1.15. The van der Waals surface area contributed by atoms with Gasteiger partial charge in [-0.3, -0.25) is 13.7 Å². The van der Waals surface area contributed by atoms with Crippen LogP contribution < -0.4 is 14.7 Å². The van der Waals surface area contributed by atoms with E-state index in [2.05, 4.69) is 13.6 Å². The normalized spacial score (nSPS) is 17.9. The third kappa shape index (κ3) is 53.4. The maximum absolute atomic E-state index is 11.2. The van der Waals surface area contributed by atoms with Crippen molar-refractivity contribution in [3.8, 4) is 0 Å². The van der Waals surface area contributed by atoms with Gasteiger partial charge in [0.15, 0.2) is 19.8 Å². The predicted octanol–water partition coefficient (Wildman–Crippen LogP) is 2.63. The Kier molecular flexibility index (Phi) is 17.9. The molecule has 0 spiro atoms. The van der Waals surface area contributed by atoms with E-state index in [1.165, 1.54) is 0 Å². The Morgan fingerprint density at radius 3 is 0.677 bits per heavy atom. The summed E-state index contributed by atoms with van der Waals surface area (Å²) < 4.78 is 169. The molecule has 0 aliphatic rings. The van der Waals surface area contributed by atoms with E-state index in [0.717, 1.165) is 0 Å². The van der Waals surface area contributed by atoms with Crippen LogP contribution in [0.5, 0.6) is 0 Å². The van der Waals surface area contributed by atoms with Gasteiger partial charge >= 0.3 is 59.6 Å². The average Bonchev–Trinajstić information content (AvgIpc) is 2.38. The van der Waals surface area contributed by atoms with E-state index in [9.17, 15) is 80.5 Å². The molecule has 0 N–H and O–H groups in total. The molecular formula is C6H6AlF12O9P3. The van der Waals surface area contributed by atoms with Crippen molar-refractivity contribution >= 4 is 41.1 Å². The molecule has 0 aromatic carbocycles. The van der Waals surface area contributed by atoms with Crippen molar-refractivity contribution < 1.29 is 94.1 Å². The summed E-state index contributed by atoms with van der Waals surface area (Å²) in [7, 11) is -17.2. The van der Waals surface area contributed by atoms with Gasteiger partial charge in [0, 0.05) is 0 Å². The van der Waals surface area contributed by atoms with Gasteiger partial charge in [-0.05, 0) is 0 Å². The summed E-state index contributed by atoms with van der Waals surface area (Å²) in [5.74, 6) is 0. The van der Waals surface area contributed by atoms with Gasteiger partial charge in [-0.15, -0.1) is 0 Å². The van der Waals surface area contributed by atoms with E-state index in [1.54, 1.807) is 0 Å². The Morgan fingerprint density at radius 1 is 0.516 bits per heavy atom. The van der Waals surface area contributed by atoms with Gasteiger partial charge in [0.1, 0.15) is 0 Å². The molecule has 0 rings (SSSR count). The molecular weight excluding hydrogens is 564 g/mol. The molecule has 0 fully saturated rings. The fourth-order valence-electron chi connectivity index (χ4n) is 0.451. The van der Waals surface area contributed by atoms with Gasteiger partial charge in [0.2, 0.25) is 0 Å². The van der Waals surface area contributed by atoms with Crippen molar-refractivity contribution in [3.05, 3.63) is 0 Å². The third-order valence-corrected chi connectivity index (χ3v) is 2.46. The number of hydrogen-bond donors (Lipinski definition) is 0. The summed E-state index contributed by atoms with van der Waals surface area (Å²) in [5, 5.41) is 0. The average molecular weight is 570 g/mol. The summed E-state index contributed by atoms with van der Waals surface area (Å²) >= 11 is 0. The number of rotatable bonds is 6. The molecule has 0 radical (unpaired) electrons. The summed E-state index contributed by atoms with van der Waals surface area (Å²) in [4.78, 5) is 28.0. The molecule has 0 aromatic heterocycles. The molecule has 9 nitrogen and oxygen atoms in total. The molecule has 31 heavy (non-hydrogen) atoms. The smallest absolute Gasteiger partial charge is 0.753 e. The summed E-state index contributed by atoms with van der Waals surface area (Å²) in [6.45, 7) is -6.36. The van der Waals surface area contributed by atoms with Gasteiger partial charge in [0.05, 0.1) is 0 Å². The minimum absolute atomic E-state index is 0. The van der Waals surface area contributed by atoms with Crippen LogP contribution in [0.1, 0.15) is 0 Å². The maximum atomic E-state index is 11.2. The first-order valence-electron chi connectivity index (χ1n) is 5.78. The minimum atomic E-state index is -5.73. The molecule has 3 unspecified atom stereocenters. The Hall–Kier alpha value is 0.142. The Morgan fingerprint density at radius 2 is 0.645 bits per heavy atom. The number of alkyl halides is 9. The molecule has 0 saturated heterocycles. The second-order valence-corrected chi connectivity index (χ2v) is 7.32. The SMILES string of the molecule is O=P([O-])(F)OCC(F)(F)F.O=P([O-])(F)OCC(F)(F)F.O=P([O-])(F)OCC(F)(F)F.[Al+3]. The first-order valence-corrected chi connectivity index (χ1v) is 10.1. The topological polar surface area (TPSA) is 148 Å². The fourth-order valence-corrected chi connectivity index (χ4v) is 1.35. The van der Waals surface area contributed by atoms with Crippen molar-refractivity contribution in [1.29, 1.82) is 0 Å². The molecule has 0 aliphatic heterocycles.